The zero-order valence-electron chi connectivity index (χ0n) is 33.5. The average Bonchev–Trinajstić information content (AvgIpc) is 3.68. The van der Waals surface area contributed by atoms with Crippen LogP contribution in [0.1, 0.15) is 128 Å². The molecule has 2 unspecified atom stereocenters. The minimum absolute atomic E-state index is 0.0283. The largest absolute Gasteiger partial charge is 0.481 e. The van der Waals surface area contributed by atoms with E-state index in [4.69, 9.17) is 19.3 Å². The lowest BCUT2D eigenvalue weighted by atomic mass is 10.0. The van der Waals surface area contributed by atoms with Gasteiger partial charge in [0.2, 0.25) is 23.6 Å². The first kappa shape index (κ1) is 47.6. The highest BCUT2D eigenvalue weighted by molar-refractivity contribution is 5.92. The van der Waals surface area contributed by atoms with Gasteiger partial charge in [-0.3, -0.25) is 24.0 Å². The summed E-state index contributed by atoms with van der Waals surface area (Å²) >= 11 is 0. The van der Waals surface area contributed by atoms with E-state index in [0.29, 0.717) is 91.4 Å². The van der Waals surface area contributed by atoms with E-state index in [9.17, 15) is 24.0 Å². The molecule has 1 fully saturated rings. The summed E-state index contributed by atoms with van der Waals surface area (Å²) in [4.78, 5) is 63.7. The lowest BCUT2D eigenvalue weighted by Gasteiger charge is -2.26. The van der Waals surface area contributed by atoms with Crippen LogP contribution in [0.4, 0.5) is 0 Å². The highest BCUT2D eigenvalue weighted by Gasteiger charge is 2.35. The molecule has 13 nitrogen and oxygen atoms in total. The van der Waals surface area contributed by atoms with E-state index >= 15 is 0 Å². The number of unbranched alkanes of at least 4 members (excludes halogenated alkanes) is 10. The number of likely N-dealkylation sites (tertiary alicyclic amines) is 1. The van der Waals surface area contributed by atoms with Crippen molar-refractivity contribution in [2.24, 2.45) is 0 Å². The first-order chi connectivity index (χ1) is 26.8. The lowest BCUT2D eigenvalue weighted by molar-refractivity contribution is -0.139. The molecule has 1 aromatic carbocycles. The zero-order chi connectivity index (χ0) is 39.8. The Morgan fingerprint density at radius 2 is 1.27 bits per heavy atom. The number of carbonyl (C=O) groups is 5. The van der Waals surface area contributed by atoms with Crippen LogP contribution in [0.5, 0.6) is 0 Å². The number of nitrogens with zero attached hydrogens (tertiary/aromatic N) is 1. The predicted molar refractivity (Wildman–Crippen MR) is 212 cm³/mol. The fraction of sp³-hybridized carbons (Fsp3) is 0.738. The highest BCUT2D eigenvalue weighted by atomic mass is 16.5. The maximum absolute atomic E-state index is 13.5. The van der Waals surface area contributed by atoms with Crippen molar-refractivity contribution in [1.82, 2.24) is 20.9 Å². The first-order valence-electron chi connectivity index (χ1n) is 20.9. The molecule has 1 saturated heterocycles. The van der Waals surface area contributed by atoms with Gasteiger partial charge in [-0.25, -0.2) is 0 Å². The number of nitrogens with one attached hydrogen (secondary N) is 3. The average molecular weight is 775 g/mol. The normalized spacial score (nSPS) is 14.4. The number of benzene rings is 1. The number of hydrogen-bond acceptors (Lipinski definition) is 8. The molecule has 4 amide bonds. The van der Waals surface area contributed by atoms with Gasteiger partial charge in [0.15, 0.2) is 0 Å². The molecule has 0 aromatic heterocycles. The molecule has 0 aliphatic carbocycles. The van der Waals surface area contributed by atoms with Crippen LogP contribution in [0.2, 0.25) is 0 Å². The quantitative estimate of drug-likeness (QED) is 0.0676. The molecule has 0 saturated carbocycles. The summed E-state index contributed by atoms with van der Waals surface area (Å²) < 4.78 is 16.6. The number of carbonyl (C=O) groups excluding carboxylic acids is 4. The summed E-state index contributed by atoms with van der Waals surface area (Å²) in [6.45, 7) is 6.15. The molecule has 4 N–H and O–H groups in total. The van der Waals surface area contributed by atoms with Crippen molar-refractivity contribution in [3.63, 3.8) is 0 Å². The van der Waals surface area contributed by atoms with Crippen LogP contribution in [0.25, 0.3) is 0 Å². The Kier molecular flexibility index (Phi) is 27.4. The summed E-state index contributed by atoms with van der Waals surface area (Å²) in [5.41, 5.74) is 0.936. The van der Waals surface area contributed by atoms with Crippen molar-refractivity contribution < 1.29 is 43.3 Å². The number of carboxylic acid groups (broad SMARTS) is 1. The van der Waals surface area contributed by atoms with Crippen LogP contribution < -0.4 is 16.0 Å². The minimum atomic E-state index is -0.995. The Morgan fingerprint density at radius 1 is 0.709 bits per heavy atom. The molecule has 2 atom stereocenters. The van der Waals surface area contributed by atoms with Gasteiger partial charge in [-0.2, -0.15) is 0 Å². The third-order valence-corrected chi connectivity index (χ3v) is 9.65. The van der Waals surface area contributed by atoms with E-state index in [1.165, 1.54) is 51.4 Å². The van der Waals surface area contributed by atoms with Gasteiger partial charge in [0.25, 0.3) is 0 Å². The fourth-order valence-corrected chi connectivity index (χ4v) is 6.51. The number of rotatable bonds is 34. The second-order valence-electron chi connectivity index (χ2n) is 14.4. The number of ether oxygens (including phenoxy) is 3. The highest BCUT2D eigenvalue weighted by Crippen LogP contribution is 2.20. The first-order valence-corrected chi connectivity index (χ1v) is 20.9. The third-order valence-electron chi connectivity index (χ3n) is 9.65. The molecule has 0 bridgehead atoms. The molecular weight excluding hydrogens is 704 g/mol. The van der Waals surface area contributed by atoms with E-state index in [0.717, 1.165) is 31.2 Å². The molecule has 13 heteroatoms. The van der Waals surface area contributed by atoms with Crippen LogP contribution in [-0.4, -0.2) is 111 Å². The Balaban J connectivity index is 1.61. The summed E-state index contributed by atoms with van der Waals surface area (Å²) in [6, 6.07) is 8.28. The summed E-state index contributed by atoms with van der Waals surface area (Å²) in [6.07, 6.45) is 16.6. The van der Waals surface area contributed by atoms with Crippen molar-refractivity contribution in [1.29, 1.82) is 0 Å². The summed E-state index contributed by atoms with van der Waals surface area (Å²) in [5.74, 6) is -1.78. The standard InChI is InChI=1S/C42H70N4O9/c1-2-3-4-5-6-7-8-9-10-11-15-22-39(48)46-27-16-21-37(46)42(52)45-36(34-35-19-13-12-14-20-35)41(51)44-26-18-29-54-31-33-55-32-30-53-28-17-25-43-38(47)23-24-40(49)50/h12-14,19-20,36-37H,2-11,15-18,21-34H2,1H3,(H,43,47)(H,44,51)(H,45,52)(H,49,50). The number of hydrogen-bond donors (Lipinski definition) is 4. The predicted octanol–water partition coefficient (Wildman–Crippen LogP) is 5.33. The van der Waals surface area contributed by atoms with E-state index in [1.807, 2.05) is 30.3 Å². The molecule has 312 valence electrons. The molecule has 1 aromatic rings. The molecule has 1 aliphatic heterocycles. The van der Waals surface area contributed by atoms with Gasteiger partial charge in [-0.1, -0.05) is 101 Å². The van der Waals surface area contributed by atoms with E-state index < -0.39 is 18.1 Å². The van der Waals surface area contributed by atoms with Crippen molar-refractivity contribution in [2.75, 3.05) is 59.3 Å². The molecule has 1 aliphatic rings. The summed E-state index contributed by atoms with van der Waals surface area (Å²) in [5, 5.41) is 17.2. The molecule has 55 heavy (non-hydrogen) atoms. The zero-order valence-corrected chi connectivity index (χ0v) is 33.5. The van der Waals surface area contributed by atoms with Crippen LogP contribution in [0.15, 0.2) is 30.3 Å². The third kappa shape index (κ3) is 23.9. The second kappa shape index (κ2) is 31.6. The van der Waals surface area contributed by atoms with Gasteiger partial charge in [-0.15, -0.1) is 0 Å². The van der Waals surface area contributed by atoms with Gasteiger partial charge in [-0.05, 0) is 37.7 Å². The van der Waals surface area contributed by atoms with E-state index in [-0.39, 0.29) is 36.5 Å². The number of amides is 4. The monoisotopic (exact) mass is 775 g/mol. The molecule has 1 heterocycles. The van der Waals surface area contributed by atoms with Gasteiger partial charge in [0, 0.05) is 52.1 Å². The SMILES string of the molecule is CCCCCCCCCCCCCC(=O)N1CCCC1C(=O)NC(Cc1ccccc1)C(=O)NCCCOCCOCCOCCCNC(=O)CCC(=O)O. The van der Waals surface area contributed by atoms with E-state index in [1.54, 1.807) is 4.90 Å². The topological polar surface area (TPSA) is 173 Å². The Bertz CT molecular complexity index is 1200. The van der Waals surface area contributed by atoms with Crippen LogP contribution >= 0.6 is 0 Å². The van der Waals surface area contributed by atoms with Crippen LogP contribution in [0.3, 0.4) is 0 Å². The number of aliphatic carboxylic acids is 1. The molecule has 0 radical (unpaired) electrons. The van der Waals surface area contributed by atoms with Gasteiger partial charge >= 0.3 is 5.97 Å². The Hall–Kier alpha value is -3.55. The summed E-state index contributed by atoms with van der Waals surface area (Å²) in [7, 11) is 0. The van der Waals surface area contributed by atoms with Gasteiger partial charge < -0.3 is 40.2 Å². The molecule has 0 spiro atoms. The van der Waals surface area contributed by atoms with Crippen molar-refractivity contribution in [2.45, 2.75) is 141 Å². The van der Waals surface area contributed by atoms with E-state index in [2.05, 4.69) is 22.9 Å². The van der Waals surface area contributed by atoms with Gasteiger partial charge in [0.05, 0.1) is 32.8 Å². The lowest BCUT2D eigenvalue weighted by Crippen LogP contribution is -2.54. The number of carboxylic acids is 1. The Morgan fingerprint density at radius 3 is 1.87 bits per heavy atom. The van der Waals surface area contributed by atoms with Gasteiger partial charge in [0.1, 0.15) is 12.1 Å². The smallest absolute Gasteiger partial charge is 0.303 e. The Labute approximate surface area is 329 Å². The van der Waals surface area contributed by atoms with Crippen LogP contribution in [0, 0.1) is 0 Å². The molecule has 2 rings (SSSR count). The van der Waals surface area contributed by atoms with Crippen molar-refractivity contribution in [3.8, 4) is 0 Å². The van der Waals surface area contributed by atoms with Crippen molar-refractivity contribution in [3.05, 3.63) is 35.9 Å². The van der Waals surface area contributed by atoms with Crippen molar-refractivity contribution >= 4 is 29.6 Å². The minimum Gasteiger partial charge on any atom is -0.481 e. The maximum atomic E-state index is 13.5. The molecular formula is C42H70N4O9. The van der Waals surface area contributed by atoms with Crippen LogP contribution in [-0.2, 0) is 44.6 Å². The second-order valence-corrected chi connectivity index (χ2v) is 14.4. The maximum Gasteiger partial charge on any atom is 0.303 e. The fourth-order valence-electron chi connectivity index (χ4n) is 6.51.